The van der Waals surface area contributed by atoms with Crippen LogP contribution >= 0.6 is 0 Å². The quantitative estimate of drug-likeness (QED) is 0.456. The van der Waals surface area contributed by atoms with E-state index in [1.807, 2.05) is 53.7 Å². The van der Waals surface area contributed by atoms with Crippen LogP contribution in [-0.4, -0.2) is 0 Å². The summed E-state index contributed by atoms with van der Waals surface area (Å²) < 4.78 is 0. The molecule has 0 aliphatic carbocycles. The Morgan fingerprint density at radius 1 is 1.21 bits per heavy atom. The lowest BCUT2D eigenvalue weighted by atomic mass is 10.1. The minimum atomic E-state index is 0.749. The summed E-state index contributed by atoms with van der Waals surface area (Å²) in [4.78, 5) is 0. The van der Waals surface area contributed by atoms with Gasteiger partial charge in [-0.3, -0.25) is 0 Å². The van der Waals surface area contributed by atoms with Crippen LogP contribution in [0.5, 0.6) is 0 Å². The lowest BCUT2D eigenvalue weighted by Gasteiger charge is -1.91. The van der Waals surface area contributed by atoms with Crippen LogP contribution in [0.4, 0.5) is 0 Å². The maximum Gasteiger partial charge on any atom is 0.0988 e. The Balaban J connectivity index is -0.000000266. The number of hydrogen-bond donors (Lipinski definition) is 0. The zero-order valence-corrected chi connectivity index (χ0v) is 10.8. The summed E-state index contributed by atoms with van der Waals surface area (Å²) in [5.74, 6) is 0. The SMILES string of the molecule is C/C=C(C#N)\C=C(/C)CC.CC.CC. The molecule has 1 nitrogen and oxygen atoms in total. The van der Waals surface area contributed by atoms with Crippen molar-refractivity contribution in [3.8, 4) is 6.07 Å². The molecule has 0 heterocycles. The topological polar surface area (TPSA) is 23.8 Å². The molecule has 82 valence electrons. The summed E-state index contributed by atoms with van der Waals surface area (Å²) in [6, 6.07) is 2.10. The van der Waals surface area contributed by atoms with Gasteiger partial charge in [-0.25, -0.2) is 0 Å². The maximum atomic E-state index is 8.51. The highest BCUT2D eigenvalue weighted by molar-refractivity contribution is 5.34. The molecule has 0 unspecified atom stereocenters. The molecular formula is C13H25N. The fourth-order valence-corrected chi connectivity index (χ4v) is 0.548. The largest absolute Gasteiger partial charge is 0.192 e. The van der Waals surface area contributed by atoms with Gasteiger partial charge in [0.25, 0.3) is 0 Å². The molecule has 14 heavy (non-hydrogen) atoms. The third-order valence-electron chi connectivity index (χ3n) is 1.40. The summed E-state index contributed by atoms with van der Waals surface area (Å²) in [7, 11) is 0. The van der Waals surface area contributed by atoms with Crippen molar-refractivity contribution in [3.63, 3.8) is 0 Å². The van der Waals surface area contributed by atoms with Crippen molar-refractivity contribution in [1.29, 1.82) is 5.26 Å². The third-order valence-corrected chi connectivity index (χ3v) is 1.40. The van der Waals surface area contributed by atoms with E-state index in [1.54, 1.807) is 0 Å². The van der Waals surface area contributed by atoms with E-state index in [4.69, 9.17) is 5.26 Å². The second kappa shape index (κ2) is 17.9. The second-order valence-corrected chi connectivity index (χ2v) is 2.20. The molecule has 0 rings (SSSR count). The Morgan fingerprint density at radius 2 is 1.64 bits per heavy atom. The van der Waals surface area contributed by atoms with E-state index in [0.29, 0.717) is 0 Å². The molecule has 0 aliphatic rings. The van der Waals surface area contributed by atoms with Gasteiger partial charge in [0, 0.05) is 5.57 Å². The van der Waals surface area contributed by atoms with E-state index in [9.17, 15) is 0 Å². The molecule has 1 heteroatoms. The van der Waals surface area contributed by atoms with Gasteiger partial charge in [-0.05, 0) is 26.3 Å². The first-order valence-corrected chi connectivity index (χ1v) is 5.48. The van der Waals surface area contributed by atoms with E-state index >= 15 is 0 Å². The Hall–Kier alpha value is -1.03. The van der Waals surface area contributed by atoms with Gasteiger partial charge in [0.1, 0.15) is 0 Å². The fourth-order valence-electron chi connectivity index (χ4n) is 0.548. The highest BCUT2D eigenvalue weighted by Gasteiger charge is 1.87. The first kappa shape index (κ1) is 18.7. The van der Waals surface area contributed by atoms with E-state index in [-0.39, 0.29) is 0 Å². The molecule has 0 amide bonds. The van der Waals surface area contributed by atoms with Gasteiger partial charge in [-0.1, -0.05) is 46.3 Å². The van der Waals surface area contributed by atoms with Gasteiger partial charge >= 0.3 is 0 Å². The normalized spacial score (nSPS) is 10.1. The van der Waals surface area contributed by atoms with Crippen molar-refractivity contribution in [2.75, 3.05) is 0 Å². The minimum Gasteiger partial charge on any atom is -0.192 e. The molecule has 0 aromatic rings. The molecule has 0 radical (unpaired) electrons. The first-order chi connectivity index (χ1) is 6.74. The molecule has 0 spiro atoms. The Kier molecular flexibility index (Phi) is 23.9. The number of allylic oxidation sites excluding steroid dienone is 4. The van der Waals surface area contributed by atoms with Crippen LogP contribution in [0.1, 0.15) is 54.9 Å². The number of nitriles is 1. The summed E-state index contributed by atoms with van der Waals surface area (Å²) in [5.41, 5.74) is 1.99. The van der Waals surface area contributed by atoms with Crippen molar-refractivity contribution < 1.29 is 0 Å². The first-order valence-electron chi connectivity index (χ1n) is 5.48. The lowest BCUT2D eigenvalue weighted by molar-refractivity contribution is 1.10. The Morgan fingerprint density at radius 3 is 1.86 bits per heavy atom. The van der Waals surface area contributed by atoms with Crippen LogP contribution in [0.3, 0.4) is 0 Å². The molecular weight excluding hydrogens is 170 g/mol. The van der Waals surface area contributed by atoms with E-state index in [0.717, 1.165) is 12.0 Å². The van der Waals surface area contributed by atoms with Gasteiger partial charge < -0.3 is 0 Å². The summed E-state index contributed by atoms with van der Waals surface area (Å²) in [6.07, 6.45) is 4.75. The third kappa shape index (κ3) is 13.6. The maximum absolute atomic E-state index is 8.51. The average Bonchev–Trinajstić information content (AvgIpc) is 2.30. The molecule has 0 fully saturated rings. The fraction of sp³-hybridized carbons (Fsp3) is 0.615. The predicted molar refractivity (Wildman–Crippen MR) is 66.1 cm³/mol. The van der Waals surface area contributed by atoms with Crippen LogP contribution < -0.4 is 0 Å². The summed E-state index contributed by atoms with van der Waals surface area (Å²) in [6.45, 7) is 14.0. The van der Waals surface area contributed by atoms with Gasteiger partial charge in [0.15, 0.2) is 0 Å². The number of hydrogen-bond acceptors (Lipinski definition) is 1. The zero-order chi connectivity index (χ0) is 12.0. The van der Waals surface area contributed by atoms with Crippen molar-refractivity contribution in [2.45, 2.75) is 54.9 Å². The van der Waals surface area contributed by atoms with Gasteiger partial charge in [0.05, 0.1) is 6.07 Å². The number of nitrogens with zero attached hydrogens (tertiary/aromatic N) is 1. The second-order valence-electron chi connectivity index (χ2n) is 2.20. The molecule has 0 bridgehead atoms. The van der Waals surface area contributed by atoms with E-state index < -0.39 is 0 Å². The van der Waals surface area contributed by atoms with E-state index in [1.165, 1.54) is 5.57 Å². The monoisotopic (exact) mass is 195 g/mol. The van der Waals surface area contributed by atoms with Crippen LogP contribution in [0.2, 0.25) is 0 Å². The van der Waals surface area contributed by atoms with E-state index in [2.05, 4.69) is 13.0 Å². The Labute approximate surface area is 90.1 Å². The van der Waals surface area contributed by atoms with Crippen LogP contribution in [0.25, 0.3) is 0 Å². The molecule has 0 aromatic carbocycles. The number of rotatable bonds is 2. The van der Waals surface area contributed by atoms with Crippen molar-refractivity contribution in [1.82, 2.24) is 0 Å². The van der Waals surface area contributed by atoms with Crippen molar-refractivity contribution >= 4 is 0 Å². The molecule has 0 aromatic heterocycles. The summed E-state index contributed by atoms with van der Waals surface area (Å²) >= 11 is 0. The molecule has 0 aliphatic heterocycles. The zero-order valence-electron chi connectivity index (χ0n) is 10.8. The van der Waals surface area contributed by atoms with Crippen molar-refractivity contribution in [3.05, 3.63) is 23.3 Å². The lowest BCUT2D eigenvalue weighted by Crippen LogP contribution is -1.75. The van der Waals surface area contributed by atoms with Gasteiger partial charge in [0.2, 0.25) is 0 Å². The van der Waals surface area contributed by atoms with Crippen LogP contribution in [0.15, 0.2) is 23.3 Å². The average molecular weight is 195 g/mol. The highest BCUT2D eigenvalue weighted by atomic mass is 14.2. The van der Waals surface area contributed by atoms with Gasteiger partial charge in [-0.15, -0.1) is 0 Å². The van der Waals surface area contributed by atoms with Crippen molar-refractivity contribution in [2.24, 2.45) is 0 Å². The van der Waals surface area contributed by atoms with Crippen LogP contribution in [-0.2, 0) is 0 Å². The minimum absolute atomic E-state index is 0.749. The Bertz CT molecular complexity index is 192. The van der Waals surface area contributed by atoms with Crippen LogP contribution in [0, 0.1) is 11.3 Å². The highest BCUT2D eigenvalue weighted by Crippen LogP contribution is 2.03. The standard InChI is InChI=1S/C9H13N.2C2H6/c1-4-8(3)6-9(5-2)7-10;2*1-2/h5-6H,4H2,1-3H3;2*1-2H3/b8-6+,9-5+;;. The predicted octanol–water partition coefficient (Wildman–Crippen LogP) is 4.86. The van der Waals surface area contributed by atoms with Gasteiger partial charge in [-0.2, -0.15) is 5.26 Å². The molecule has 0 saturated carbocycles. The molecule has 0 atom stereocenters. The smallest absolute Gasteiger partial charge is 0.0988 e. The summed E-state index contributed by atoms with van der Waals surface area (Å²) in [5, 5.41) is 8.51. The molecule has 0 N–H and O–H groups in total. The molecule has 0 saturated heterocycles.